The molecule has 0 bridgehead atoms. The molecule has 13 aliphatic rings. The van der Waals surface area contributed by atoms with Crippen LogP contribution in [0.4, 0.5) is 0 Å². The van der Waals surface area contributed by atoms with Gasteiger partial charge >= 0.3 is 11.9 Å². The maximum atomic E-state index is 13.9. The minimum atomic E-state index is -0.573. The Morgan fingerprint density at radius 2 is 0.558 bits per heavy atom. The summed E-state index contributed by atoms with van der Waals surface area (Å²) in [5, 5.41) is 5.61. The van der Waals surface area contributed by atoms with E-state index in [1.54, 1.807) is 17.5 Å². The van der Waals surface area contributed by atoms with Crippen molar-refractivity contribution >= 4 is 33.5 Å². The number of hydrogen-bond donors (Lipinski definition) is 0. The van der Waals surface area contributed by atoms with Gasteiger partial charge in [-0.2, -0.15) is 0 Å². The molecule has 6 aromatic rings. The van der Waals surface area contributed by atoms with Crippen molar-refractivity contribution in [2.75, 3.05) is 26.4 Å². The van der Waals surface area contributed by atoms with Gasteiger partial charge in [0.15, 0.2) is 18.3 Å². The molecule has 12 fully saturated rings. The van der Waals surface area contributed by atoms with E-state index < -0.39 is 12.2 Å². The molecule has 1 unspecified atom stereocenters. The second-order valence-corrected chi connectivity index (χ2v) is 48.7. The number of carbonyl (C=O) groups is 2. The molecule has 0 amide bonds. The zero-order valence-corrected chi connectivity index (χ0v) is 87.2. The second kappa shape index (κ2) is 66.1. The third kappa shape index (κ3) is 36.6. The molecule has 0 aromatic heterocycles. The van der Waals surface area contributed by atoms with E-state index >= 15 is 0 Å². The molecule has 6 atom stereocenters. The van der Waals surface area contributed by atoms with Crippen molar-refractivity contribution in [2.45, 2.75) is 510 Å². The maximum Gasteiger partial charge on any atom is 0.309 e. The summed E-state index contributed by atoms with van der Waals surface area (Å²) in [6.45, 7) is 13.8. The zero-order chi connectivity index (χ0) is 94.6. The number of rotatable bonds is 35. The molecule has 10 saturated carbocycles. The van der Waals surface area contributed by atoms with Crippen LogP contribution in [-0.2, 0) is 60.9 Å². The van der Waals surface area contributed by atoms with Crippen LogP contribution in [0, 0.1) is 124 Å². The average Bonchev–Trinajstić information content (AvgIpc) is 1.64. The number of esters is 2. The molecule has 11 aliphatic carbocycles. The van der Waals surface area contributed by atoms with Gasteiger partial charge in [0.2, 0.25) is 0 Å². The number of aryl methyl sites for hydroxylation is 2. The first-order valence-electron chi connectivity index (χ1n) is 59.2. The molecule has 832 valence electrons. The Morgan fingerprint density at radius 1 is 0.279 bits per heavy atom. The van der Waals surface area contributed by atoms with Crippen molar-refractivity contribution in [3.63, 3.8) is 0 Å². The molecule has 10 heteroatoms. The Bertz CT molecular complexity index is 4370. The quantitative estimate of drug-likeness (QED) is 0.0217. The fraction of sp³-hybridized carbons (Fsp3) is 0.752. The SMILES string of the molecule is C.C.C.C.C.C.C.C.C.CCCC1CCC(CC2CCC(CC3CCc4ccc5ccccc5c4-c4c(ccc5ccccc45)CC3)CC2)CC1.CCCC1CCC(CC2CCC(COO[C@H](c3ccccc3)[C@H](OC(=O)C3CCC(CC4CCC(CC)CC4)CC3)c3ccccc3)CC2)CC1.CCCC1CCC(CC2CCC(COO[C@H]3CO[C@@H]4C(OC(=O)C5CCC(CC6CCC(CC)CC6)CC5)CO[C@H]34)CC2)CC1. The summed E-state index contributed by atoms with van der Waals surface area (Å²) in [4.78, 5) is 51.2. The number of hydrogen-bond acceptors (Lipinski definition) is 10. The molecule has 6 aromatic carbocycles. The highest BCUT2D eigenvalue weighted by Crippen LogP contribution is 2.51. The molecule has 147 heavy (non-hydrogen) atoms. The largest absolute Gasteiger partial charge is 0.457 e. The van der Waals surface area contributed by atoms with Crippen molar-refractivity contribution in [2.24, 2.45) is 124 Å². The highest BCUT2D eigenvalue weighted by molar-refractivity contribution is 6.08. The lowest BCUT2D eigenvalue weighted by Gasteiger charge is -2.35. The second-order valence-electron chi connectivity index (χ2n) is 48.7. The van der Waals surface area contributed by atoms with Crippen LogP contribution in [0.3, 0.4) is 0 Å². The summed E-state index contributed by atoms with van der Waals surface area (Å²) in [5.41, 5.74) is 8.09. The first kappa shape index (κ1) is 127. The summed E-state index contributed by atoms with van der Waals surface area (Å²) in [6.07, 6.45) is 76.6. The van der Waals surface area contributed by atoms with E-state index in [9.17, 15) is 9.59 Å². The lowest BCUT2D eigenvalue weighted by atomic mass is 9.71. The Labute approximate surface area is 903 Å². The van der Waals surface area contributed by atoms with Crippen LogP contribution in [0.15, 0.2) is 133 Å². The average molecular weight is 2030 g/mol. The van der Waals surface area contributed by atoms with Gasteiger partial charge in [0, 0.05) is 0 Å². The van der Waals surface area contributed by atoms with E-state index in [0.717, 1.165) is 150 Å². The predicted molar refractivity (Wildman–Crippen MR) is 627 cm³/mol. The van der Waals surface area contributed by atoms with Gasteiger partial charge < -0.3 is 18.9 Å². The molecule has 2 heterocycles. The minimum absolute atomic E-state index is 0. The van der Waals surface area contributed by atoms with Crippen molar-refractivity contribution < 1.29 is 48.1 Å². The van der Waals surface area contributed by atoms with Crippen LogP contribution < -0.4 is 0 Å². The van der Waals surface area contributed by atoms with Crippen LogP contribution >= 0.6 is 0 Å². The van der Waals surface area contributed by atoms with E-state index in [0.29, 0.717) is 38.3 Å². The minimum Gasteiger partial charge on any atom is -0.457 e. The summed E-state index contributed by atoms with van der Waals surface area (Å²) in [5.74, 6) is 16.9. The van der Waals surface area contributed by atoms with Crippen LogP contribution in [0.1, 0.15) is 495 Å². The van der Waals surface area contributed by atoms with E-state index in [-0.39, 0.29) is 115 Å². The number of carbonyl (C=O) groups excluding carboxylic acids is 2. The fourth-order valence-electron chi connectivity index (χ4n) is 30.4. The summed E-state index contributed by atoms with van der Waals surface area (Å²) in [6, 6.07) is 48.2. The Hall–Kier alpha value is -5.46. The molecule has 0 spiro atoms. The van der Waals surface area contributed by atoms with E-state index in [4.69, 9.17) is 38.5 Å². The highest BCUT2D eigenvalue weighted by Gasteiger charge is 2.52. The van der Waals surface area contributed by atoms with Gasteiger partial charge in [-0.1, -0.05) is 466 Å². The number of benzene rings is 6. The van der Waals surface area contributed by atoms with Gasteiger partial charge in [0.1, 0.15) is 18.3 Å². The molecule has 2 aliphatic heterocycles. The topological polar surface area (TPSA) is 108 Å². The van der Waals surface area contributed by atoms with Gasteiger partial charge in [-0.25, -0.2) is 19.6 Å². The third-order valence-electron chi connectivity index (χ3n) is 39.2. The molecule has 0 N–H and O–H groups in total. The molecule has 0 radical (unpaired) electrons. The fourth-order valence-corrected chi connectivity index (χ4v) is 30.4. The Balaban J connectivity index is 0.000000262. The standard InChI is InChI=1S/C47H70O4.C42H52.C39H66O6.9CH4/c1-3-11-36-18-22-38(23-19-36)32-39-24-26-41(27-25-39)34-49-51-46(43-14-9-6-10-15-43)45(42-12-7-5-8-13-42)50-47(48)44-30-28-40(29-31-44)33-37-20-16-35(4-2)17-21-37;1-2-7-30-12-14-31(15-13-30)28-32-16-18-33(19-17-32)29-34-20-22-37-26-24-35-8-3-5-10-39(35)41(37)42-38(23-21-34)27-25-36-9-4-6-11-40(36)42;1-3-5-28-8-12-30(13-9-28)22-31-14-16-33(17-15-31)24-43-45-36-26-42-37-35(25-41-38(36)37)44-39(40)34-20-18-32(19-21-34)23-29-10-6-27(4-2)7-11-29;;;;;;;;;/h5-10,12-15,35-41,44-46H,3-4,11,16-34H2,1-2H3;3-6,8-11,24-27,30-34H,2,7,12-23,28-29H2,1H3;27-38H,3-26H2,1-2H3;9*1H4/t35?,36?,37?,38?,39?,40?,41?,44?,45-,46-;;27?,28?,29?,30?,31?,32?,33?,34?,35?,36-,37+,38+;;;;;;;;;/m1.0........./s1. The molecular formula is C137H224O10. The van der Waals surface area contributed by atoms with E-state index in [1.165, 1.54) is 360 Å². The smallest absolute Gasteiger partial charge is 0.309 e. The molecule has 19 rings (SSSR count). The zero-order valence-electron chi connectivity index (χ0n) is 87.2. The van der Waals surface area contributed by atoms with Gasteiger partial charge in [0.05, 0.1) is 38.3 Å². The van der Waals surface area contributed by atoms with Gasteiger partial charge in [0.25, 0.3) is 0 Å². The maximum absolute atomic E-state index is 13.9. The Kier molecular flexibility index (Phi) is 56.9. The van der Waals surface area contributed by atoms with Crippen LogP contribution in [0.5, 0.6) is 0 Å². The van der Waals surface area contributed by atoms with Crippen LogP contribution in [0.2, 0.25) is 0 Å². The van der Waals surface area contributed by atoms with E-state index in [1.807, 2.05) is 36.4 Å². The van der Waals surface area contributed by atoms with Crippen molar-refractivity contribution in [3.8, 4) is 11.1 Å². The highest BCUT2D eigenvalue weighted by atomic mass is 17.2. The van der Waals surface area contributed by atoms with Gasteiger partial charge in [-0.05, 0) is 309 Å². The number of ether oxygens (including phenoxy) is 4. The van der Waals surface area contributed by atoms with E-state index in [2.05, 4.69) is 132 Å². The normalized spacial score (nSPS) is 31.1. The predicted octanol–water partition coefficient (Wildman–Crippen LogP) is 40.5. The summed E-state index contributed by atoms with van der Waals surface area (Å²) >= 11 is 0. The molecule has 2 saturated heterocycles. The lowest BCUT2D eigenvalue weighted by molar-refractivity contribution is -0.349. The Morgan fingerprint density at radius 3 is 0.905 bits per heavy atom. The molecular weight excluding hydrogens is 1810 g/mol. The monoisotopic (exact) mass is 2030 g/mol. The van der Waals surface area contributed by atoms with Crippen molar-refractivity contribution in [1.29, 1.82) is 0 Å². The van der Waals surface area contributed by atoms with Crippen molar-refractivity contribution in [3.05, 3.63) is 156 Å². The summed E-state index contributed by atoms with van der Waals surface area (Å²) in [7, 11) is 0. The van der Waals surface area contributed by atoms with Crippen molar-refractivity contribution in [1.82, 2.24) is 0 Å². The third-order valence-corrected chi connectivity index (χ3v) is 39.2. The molecule has 10 nitrogen and oxygen atoms in total. The number of fused-ring (bicyclic) bond motifs is 8. The first-order valence-corrected chi connectivity index (χ1v) is 59.2. The summed E-state index contributed by atoms with van der Waals surface area (Å²) < 4.78 is 24.6. The van der Waals surface area contributed by atoms with Crippen LogP contribution in [-0.4, -0.2) is 62.8 Å². The first-order chi connectivity index (χ1) is 67.9. The van der Waals surface area contributed by atoms with Gasteiger partial charge in [-0.15, -0.1) is 0 Å². The van der Waals surface area contributed by atoms with Gasteiger partial charge in [-0.3, -0.25) is 9.59 Å². The van der Waals surface area contributed by atoms with Crippen LogP contribution in [0.25, 0.3) is 32.7 Å². The lowest BCUT2D eigenvalue weighted by Crippen LogP contribution is -2.37.